The summed E-state index contributed by atoms with van der Waals surface area (Å²) in [6.07, 6.45) is 0. The Morgan fingerprint density at radius 1 is 0.818 bits per heavy atom. The van der Waals surface area contributed by atoms with Crippen LogP contribution in [0.1, 0.15) is 6.92 Å². The number of hydrogen-bond acceptors (Lipinski definition) is 4. The van der Waals surface area contributed by atoms with Gasteiger partial charge in [0.1, 0.15) is 0 Å². The van der Waals surface area contributed by atoms with E-state index in [1.54, 1.807) is 0 Å². The summed E-state index contributed by atoms with van der Waals surface area (Å²) in [6, 6.07) is 20.0. The topological polar surface area (TPSA) is 63.8 Å². The molecule has 4 nitrogen and oxygen atoms in total. The maximum Gasteiger partial charge on any atom is 0.169 e. The predicted octanol–water partition coefficient (Wildman–Crippen LogP) is 3.82. The lowest BCUT2D eigenvalue weighted by Gasteiger charge is -2.13. The van der Waals surface area contributed by atoms with E-state index in [1.165, 1.54) is 0 Å². The van der Waals surface area contributed by atoms with E-state index in [-0.39, 0.29) is 0 Å². The summed E-state index contributed by atoms with van der Waals surface area (Å²) in [6.45, 7) is 2.76. The van der Waals surface area contributed by atoms with Crippen LogP contribution in [-0.4, -0.2) is 16.5 Å². The van der Waals surface area contributed by atoms with E-state index < -0.39 is 0 Å². The van der Waals surface area contributed by atoms with Crippen LogP contribution in [0.25, 0.3) is 22.5 Å². The summed E-state index contributed by atoms with van der Waals surface area (Å²) in [7, 11) is 0. The summed E-state index contributed by atoms with van der Waals surface area (Å²) < 4.78 is 0. The van der Waals surface area contributed by atoms with Crippen LogP contribution in [0, 0.1) is 0 Å². The molecule has 4 heteroatoms. The minimum absolute atomic E-state index is 0.417. The van der Waals surface area contributed by atoms with Crippen LogP contribution in [0.3, 0.4) is 0 Å². The Morgan fingerprint density at radius 2 is 1.32 bits per heavy atom. The quantitative estimate of drug-likeness (QED) is 0.766. The van der Waals surface area contributed by atoms with Gasteiger partial charge in [0.15, 0.2) is 11.6 Å². The molecule has 0 amide bonds. The Morgan fingerprint density at radius 3 is 1.82 bits per heavy atom. The zero-order chi connectivity index (χ0) is 15.4. The van der Waals surface area contributed by atoms with Crippen LogP contribution in [0.4, 0.5) is 11.6 Å². The molecule has 0 spiro atoms. The molecule has 3 rings (SSSR count). The Balaban J connectivity index is 2.22. The molecule has 22 heavy (non-hydrogen) atoms. The molecular formula is C18H18N4. The molecule has 0 aliphatic carbocycles. The molecule has 0 unspecified atom stereocenters. The third-order valence-corrected chi connectivity index (χ3v) is 3.36. The van der Waals surface area contributed by atoms with Gasteiger partial charge >= 0.3 is 0 Å². The predicted molar refractivity (Wildman–Crippen MR) is 91.5 cm³/mol. The number of nitrogens with two attached hydrogens (primary N) is 1. The van der Waals surface area contributed by atoms with Crippen molar-refractivity contribution in [1.82, 2.24) is 9.97 Å². The maximum atomic E-state index is 6.06. The Labute approximate surface area is 130 Å². The highest BCUT2D eigenvalue weighted by Gasteiger charge is 2.14. The minimum atomic E-state index is 0.417. The second-order valence-corrected chi connectivity index (χ2v) is 4.92. The van der Waals surface area contributed by atoms with E-state index in [2.05, 4.69) is 10.3 Å². The molecule has 110 valence electrons. The second-order valence-electron chi connectivity index (χ2n) is 4.92. The smallest absolute Gasteiger partial charge is 0.169 e. The number of aromatic nitrogens is 2. The van der Waals surface area contributed by atoms with Crippen LogP contribution in [0.5, 0.6) is 0 Å². The van der Waals surface area contributed by atoms with Gasteiger partial charge in [0.2, 0.25) is 0 Å². The fourth-order valence-corrected chi connectivity index (χ4v) is 2.34. The van der Waals surface area contributed by atoms with Crippen LogP contribution in [0.2, 0.25) is 0 Å². The number of nitrogens with one attached hydrogen (secondary N) is 1. The molecule has 0 atom stereocenters. The van der Waals surface area contributed by atoms with Crippen LogP contribution >= 0.6 is 0 Å². The highest BCUT2D eigenvalue weighted by molar-refractivity contribution is 5.81. The first-order chi connectivity index (χ1) is 10.8. The molecule has 2 aromatic carbocycles. The van der Waals surface area contributed by atoms with Crippen molar-refractivity contribution in [3.05, 3.63) is 60.7 Å². The number of rotatable bonds is 4. The lowest BCUT2D eigenvalue weighted by Crippen LogP contribution is -2.07. The zero-order valence-corrected chi connectivity index (χ0v) is 12.5. The molecule has 1 heterocycles. The SMILES string of the molecule is CCNc1nc(-c2ccccc2)c(-c2ccccc2)nc1N. The van der Waals surface area contributed by atoms with Crippen molar-refractivity contribution in [3.8, 4) is 22.5 Å². The molecule has 3 N–H and O–H groups in total. The Kier molecular flexibility index (Phi) is 4.01. The molecule has 0 radical (unpaired) electrons. The highest BCUT2D eigenvalue weighted by Crippen LogP contribution is 2.31. The van der Waals surface area contributed by atoms with Gasteiger partial charge < -0.3 is 11.1 Å². The fraction of sp³-hybridized carbons (Fsp3) is 0.111. The van der Waals surface area contributed by atoms with E-state index in [0.717, 1.165) is 29.1 Å². The summed E-state index contributed by atoms with van der Waals surface area (Å²) in [5, 5.41) is 3.17. The molecule has 0 aliphatic heterocycles. The summed E-state index contributed by atoms with van der Waals surface area (Å²) >= 11 is 0. The van der Waals surface area contributed by atoms with Crippen molar-refractivity contribution in [2.75, 3.05) is 17.6 Å². The van der Waals surface area contributed by atoms with Gasteiger partial charge in [-0.3, -0.25) is 0 Å². The molecule has 0 saturated carbocycles. The number of benzene rings is 2. The molecule has 0 aliphatic rings. The number of nitrogen functional groups attached to an aromatic ring is 1. The summed E-state index contributed by atoms with van der Waals surface area (Å²) in [5.74, 6) is 1.04. The van der Waals surface area contributed by atoms with Gasteiger partial charge in [-0.2, -0.15) is 0 Å². The van der Waals surface area contributed by atoms with E-state index in [9.17, 15) is 0 Å². The van der Waals surface area contributed by atoms with Gasteiger partial charge in [-0.1, -0.05) is 60.7 Å². The Hall–Kier alpha value is -2.88. The molecule has 3 aromatic rings. The van der Waals surface area contributed by atoms with Crippen molar-refractivity contribution >= 4 is 11.6 Å². The van der Waals surface area contributed by atoms with Crippen LogP contribution < -0.4 is 11.1 Å². The van der Waals surface area contributed by atoms with Crippen molar-refractivity contribution < 1.29 is 0 Å². The van der Waals surface area contributed by atoms with Gasteiger partial charge in [0.25, 0.3) is 0 Å². The molecule has 0 bridgehead atoms. The third kappa shape index (κ3) is 2.76. The first-order valence-electron chi connectivity index (χ1n) is 7.32. The number of nitrogens with zero attached hydrogens (tertiary/aromatic N) is 2. The van der Waals surface area contributed by atoms with Crippen LogP contribution in [-0.2, 0) is 0 Å². The van der Waals surface area contributed by atoms with Crippen LogP contribution in [0.15, 0.2) is 60.7 Å². The van der Waals surface area contributed by atoms with Gasteiger partial charge in [-0.05, 0) is 6.92 Å². The summed E-state index contributed by atoms with van der Waals surface area (Å²) in [4.78, 5) is 9.30. The van der Waals surface area contributed by atoms with Gasteiger partial charge in [-0.15, -0.1) is 0 Å². The number of hydrogen-bond donors (Lipinski definition) is 2. The summed E-state index contributed by atoms with van der Waals surface area (Å²) in [5.41, 5.74) is 9.71. The minimum Gasteiger partial charge on any atom is -0.381 e. The normalized spacial score (nSPS) is 10.4. The van der Waals surface area contributed by atoms with Crippen molar-refractivity contribution in [2.45, 2.75) is 6.92 Å². The second kappa shape index (κ2) is 6.26. The van der Waals surface area contributed by atoms with Crippen molar-refractivity contribution in [3.63, 3.8) is 0 Å². The average molecular weight is 290 g/mol. The molecule has 0 fully saturated rings. The van der Waals surface area contributed by atoms with Gasteiger partial charge in [0.05, 0.1) is 11.4 Å². The average Bonchev–Trinajstić information content (AvgIpc) is 2.58. The first-order valence-corrected chi connectivity index (χ1v) is 7.32. The van der Waals surface area contributed by atoms with Crippen molar-refractivity contribution in [2.24, 2.45) is 0 Å². The third-order valence-electron chi connectivity index (χ3n) is 3.36. The van der Waals surface area contributed by atoms with Gasteiger partial charge in [0, 0.05) is 17.7 Å². The standard InChI is InChI=1S/C18H18N4/c1-2-20-18-17(19)21-15(13-9-5-3-6-10-13)16(22-18)14-11-7-4-8-12-14/h3-12H,2H2,1H3,(H2,19,21)(H,20,22). The van der Waals surface area contributed by atoms with E-state index in [0.29, 0.717) is 11.6 Å². The Bertz CT molecular complexity index is 755. The number of anilines is 2. The lowest BCUT2D eigenvalue weighted by molar-refractivity contribution is 1.13. The van der Waals surface area contributed by atoms with E-state index >= 15 is 0 Å². The van der Waals surface area contributed by atoms with E-state index in [1.807, 2.05) is 67.6 Å². The highest BCUT2D eigenvalue weighted by atomic mass is 15.1. The fourth-order valence-electron chi connectivity index (χ4n) is 2.34. The maximum absolute atomic E-state index is 6.06. The zero-order valence-electron chi connectivity index (χ0n) is 12.5. The van der Waals surface area contributed by atoms with Crippen molar-refractivity contribution in [1.29, 1.82) is 0 Å². The lowest BCUT2D eigenvalue weighted by atomic mass is 10.0. The monoisotopic (exact) mass is 290 g/mol. The molecular weight excluding hydrogens is 272 g/mol. The van der Waals surface area contributed by atoms with E-state index in [4.69, 9.17) is 10.7 Å². The largest absolute Gasteiger partial charge is 0.381 e. The van der Waals surface area contributed by atoms with Gasteiger partial charge in [-0.25, -0.2) is 9.97 Å². The first kappa shape index (κ1) is 14.1. The molecule has 1 aromatic heterocycles. The molecule has 0 saturated heterocycles.